The summed E-state index contributed by atoms with van der Waals surface area (Å²) in [5, 5.41) is 1.99. The van der Waals surface area contributed by atoms with Gasteiger partial charge in [0.05, 0.1) is 32.2 Å². The van der Waals surface area contributed by atoms with Crippen LogP contribution in [0.2, 0.25) is 0 Å². The van der Waals surface area contributed by atoms with Gasteiger partial charge in [-0.05, 0) is 11.4 Å². The van der Waals surface area contributed by atoms with E-state index in [9.17, 15) is 9.59 Å². The van der Waals surface area contributed by atoms with Crippen LogP contribution in [0.4, 0.5) is 0 Å². The molecule has 2 bridgehead atoms. The molecular weight excluding hydrogens is 290 g/mol. The van der Waals surface area contributed by atoms with Crippen molar-refractivity contribution < 1.29 is 19.1 Å². The zero-order valence-corrected chi connectivity index (χ0v) is 12.3. The number of rotatable bonds is 3. The van der Waals surface area contributed by atoms with Gasteiger partial charge in [0.25, 0.3) is 0 Å². The molecule has 2 fully saturated rings. The maximum atomic E-state index is 12.7. The van der Waals surface area contributed by atoms with Crippen LogP contribution in [0.25, 0.3) is 0 Å². The molecule has 0 aliphatic carbocycles. The van der Waals surface area contributed by atoms with Crippen molar-refractivity contribution in [2.45, 2.75) is 18.2 Å². The fourth-order valence-electron chi connectivity index (χ4n) is 3.71. The van der Waals surface area contributed by atoms with Crippen molar-refractivity contribution in [3.63, 3.8) is 0 Å². The van der Waals surface area contributed by atoms with Crippen LogP contribution in [-0.2, 0) is 25.6 Å². The fourth-order valence-corrected chi connectivity index (χ4v) is 4.43. The topological polar surface area (TPSA) is 55.8 Å². The molecule has 0 unspecified atom stereocenters. The Morgan fingerprint density at radius 3 is 3.19 bits per heavy atom. The Morgan fingerprint density at radius 1 is 1.62 bits per heavy atom. The molecule has 0 aromatic carbocycles. The number of hydrogen-bond acceptors (Lipinski definition) is 5. The second-order valence-corrected chi connectivity index (χ2v) is 6.73. The number of methoxy groups -OCH3 is 1. The summed E-state index contributed by atoms with van der Waals surface area (Å²) in [5.41, 5.74) is -0.641. The molecule has 0 N–H and O–H groups in total. The average Bonchev–Trinajstić information content (AvgIpc) is 3.22. The molecule has 1 aromatic heterocycles. The molecule has 0 radical (unpaired) electrons. The van der Waals surface area contributed by atoms with Crippen LogP contribution in [0.3, 0.4) is 0 Å². The van der Waals surface area contributed by atoms with Gasteiger partial charge in [0.1, 0.15) is 11.5 Å². The third-order valence-corrected chi connectivity index (χ3v) is 5.44. The first-order valence-corrected chi connectivity index (χ1v) is 7.79. The van der Waals surface area contributed by atoms with Crippen LogP contribution < -0.4 is 0 Å². The highest BCUT2D eigenvalue weighted by molar-refractivity contribution is 7.09. The monoisotopic (exact) mass is 305 g/mol. The van der Waals surface area contributed by atoms with Crippen molar-refractivity contribution in [1.82, 2.24) is 4.90 Å². The van der Waals surface area contributed by atoms with E-state index in [2.05, 4.69) is 0 Å². The van der Waals surface area contributed by atoms with E-state index in [0.29, 0.717) is 13.1 Å². The van der Waals surface area contributed by atoms with Crippen molar-refractivity contribution >= 4 is 23.2 Å². The molecule has 2 saturated heterocycles. The maximum absolute atomic E-state index is 12.7. The molecule has 1 spiro atoms. The van der Waals surface area contributed by atoms with E-state index < -0.39 is 17.4 Å². The van der Waals surface area contributed by atoms with E-state index in [4.69, 9.17) is 9.47 Å². The molecule has 1 aromatic rings. The highest BCUT2D eigenvalue weighted by Crippen LogP contribution is 2.52. The van der Waals surface area contributed by atoms with Crippen LogP contribution in [0.15, 0.2) is 29.7 Å². The summed E-state index contributed by atoms with van der Waals surface area (Å²) in [5.74, 6) is -1.33. The second kappa shape index (κ2) is 4.42. The smallest absolute Gasteiger partial charge is 0.312 e. The number of nitrogens with zero attached hydrogens (tertiary/aromatic N) is 1. The van der Waals surface area contributed by atoms with E-state index in [0.717, 1.165) is 4.88 Å². The van der Waals surface area contributed by atoms with E-state index in [1.165, 1.54) is 7.11 Å². The van der Waals surface area contributed by atoms with E-state index in [1.54, 1.807) is 16.2 Å². The Kier molecular flexibility index (Phi) is 2.74. The number of amides is 1. The maximum Gasteiger partial charge on any atom is 0.312 e. The Bertz CT molecular complexity index is 626. The first kappa shape index (κ1) is 13.0. The van der Waals surface area contributed by atoms with Gasteiger partial charge in [-0.15, -0.1) is 11.3 Å². The summed E-state index contributed by atoms with van der Waals surface area (Å²) in [6, 6.07) is 3.98. The Morgan fingerprint density at radius 2 is 2.48 bits per heavy atom. The number of carbonyl (C=O) groups excluding carboxylic acids is 2. The molecule has 4 rings (SSSR count). The van der Waals surface area contributed by atoms with Gasteiger partial charge in [0.15, 0.2) is 0 Å². The van der Waals surface area contributed by atoms with E-state index in [-0.39, 0.29) is 18.0 Å². The first-order chi connectivity index (χ1) is 10.1. The normalized spacial score (nSPS) is 36.3. The number of thiophene rings is 1. The molecule has 6 heteroatoms. The predicted octanol–water partition coefficient (Wildman–Crippen LogP) is 1.20. The van der Waals surface area contributed by atoms with Crippen LogP contribution in [-0.4, -0.2) is 42.1 Å². The molecule has 21 heavy (non-hydrogen) atoms. The number of likely N-dealkylation sites (tertiary alicyclic amines) is 1. The Labute approximate surface area is 126 Å². The number of ether oxygens (including phenoxy) is 2. The van der Waals surface area contributed by atoms with Crippen molar-refractivity contribution in [2.24, 2.45) is 11.8 Å². The first-order valence-electron chi connectivity index (χ1n) is 6.91. The minimum Gasteiger partial charge on any atom is -0.469 e. The second-order valence-electron chi connectivity index (χ2n) is 5.70. The summed E-state index contributed by atoms with van der Waals surface area (Å²) >= 11 is 1.62. The summed E-state index contributed by atoms with van der Waals surface area (Å²) in [6.45, 7) is 1.08. The summed E-state index contributed by atoms with van der Waals surface area (Å²) in [4.78, 5) is 27.7. The van der Waals surface area contributed by atoms with Gasteiger partial charge in [-0.2, -0.15) is 0 Å². The molecule has 4 heterocycles. The van der Waals surface area contributed by atoms with Crippen molar-refractivity contribution in [2.75, 3.05) is 13.7 Å². The van der Waals surface area contributed by atoms with Gasteiger partial charge in [-0.3, -0.25) is 9.59 Å². The third kappa shape index (κ3) is 1.72. The Balaban J connectivity index is 1.64. The fraction of sp³-hybridized carbons (Fsp3) is 0.467. The zero-order chi connectivity index (χ0) is 14.6. The number of hydrogen-bond donors (Lipinski definition) is 0. The highest BCUT2D eigenvalue weighted by atomic mass is 32.1. The minimum absolute atomic E-state index is 0.00866. The van der Waals surface area contributed by atoms with Crippen LogP contribution in [0, 0.1) is 11.8 Å². The molecular formula is C15H15NO4S. The van der Waals surface area contributed by atoms with E-state index in [1.807, 2.05) is 29.7 Å². The molecule has 0 saturated carbocycles. The zero-order valence-electron chi connectivity index (χ0n) is 11.5. The van der Waals surface area contributed by atoms with E-state index >= 15 is 0 Å². The minimum atomic E-state index is -0.641. The van der Waals surface area contributed by atoms with Crippen LogP contribution in [0.1, 0.15) is 4.88 Å². The van der Waals surface area contributed by atoms with Crippen LogP contribution in [0.5, 0.6) is 0 Å². The van der Waals surface area contributed by atoms with Crippen molar-refractivity contribution in [3.05, 3.63) is 34.5 Å². The molecule has 3 aliphatic rings. The molecule has 4 atom stereocenters. The van der Waals surface area contributed by atoms with Gasteiger partial charge < -0.3 is 14.4 Å². The summed E-state index contributed by atoms with van der Waals surface area (Å²) in [6.07, 6.45) is 3.52. The summed E-state index contributed by atoms with van der Waals surface area (Å²) < 4.78 is 10.8. The predicted molar refractivity (Wildman–Crippen MR) is 75.5 cm³/mol. The highest BCUT2D eigenvalue weighted by Gasteiger charge is 2.67. The van der Waals surface area contributed by atoms with Gasteiger partial charge in [-0.1, -0.05) is 18.2 Å². The molecule has 3 aliphatic heterocycles. The third-order valence-electron chi connectivity index (χ3n) is 4.58. The average molecular weight is 305 g/mol. The molecule has 1 amide bonds. The molecule has 110 valence electrons. The molecule has 5 nitrogen and oxygen atoms in total. The van der Waals surface area contributed by atoms with Gasteiger partial charge in [0.2, 0.25) is 5.91 Å². The lowest BCUT2D eigenvalue weighted by molar-refractivity contribution is -0.151. The lowest BCUT2D eigenvalue weighted by Crippen LogP contribution is -2.39. The van der Waals surface area contributed by atoms with Gasteiger partial charge in [0, 0.05) is 4.88 Å². The van der Waals surface area contributed by atoms with Gasteiger partial charge >= 0.3 is 5.97 Å². The largest absolute Gasteiger partial charge is 0.469 e. The quantitative estimate of drug-likeness (QED) is 0.622. The van der Waals surface area contributed by atoms with Crippen molar-refractivity contribution in [3.8, 4) is 0 Å². The standard InChI is InChI=1S/C15H15NO4S/c1-19-14(18)11-10-4-5-15(20-10)8-16(13(17)12(11)15)7-9-3-2-6-21-9/h2-6,10-12H,7-8H2,1H3/t10-,11-,12-,15+/m1/s1. The van der Waals surface area contributed by atoms with Crippen LogP contribution >= 0.6 is 11.3 Å². The lowest BCUT2D eigenvalue weighted by atomic mass is 9.77. The lowest BCUT2D eigenvalue weighted by Gasteiger charge is -2.22. The summed E-state index contributed by atoms with van der Waals surface area (Å²) in [7, 11) is 1.35. The number of esters is 1. The SMILES string of the molecule is COC(=O)[C@@H]1[C@H]2C=C[C@@]3(CN(Cc4cccs4)C(=O)[C@@H]13)O2. The number of fused-ring (bicyclic) bond motifs is 1. The van der Waals surface area contributed by atoms with Crippen molar-refractivity contribution in [1.29, 1.82) is 0 Å². The van der Waals surface area contributed by atoms with Gasteiger partial charge in [-0.25, -0.2) is 0 Å². The number of carbonyl (C=O) groups is 2. The Hall–Kier alpha value is -1.66.